The molecule has 0 aliphatic heterocycles. The first kappa shape index (κ1) is 11.2. The number of hydrogen-bond acceptors (Lipinski definition) is 1. The van der Waals surface area contributed by atoms with Gasteiger partial charge in [0.05, 0.1) is 9.85 Å². The number of carbonyl (C=O) groups is 1. The Balaban J connectivity index is 3.03. The van der Waals surface area contributed by atoms with Crippen molar-refractivity contribution in [3.05, 3.63) is 33.3 Å². The van der Waals surface area contributed by atoms with Crippen molar-refractivity contribution >= 4 is 49.2 Å². The van der Waals surface area contributed by atoms with Crippen LogP contribution in [0.15, 0.2) is 22.7 Å². The summed E-state index contributed by atoms with van der Waals surface area (Å²) in [6.45, 7) is 1.54. The molecule has 0 fully saturated rings. The van der Waals surface area contributed by atoms with Crippen molar-refractivity contribution in [1.82, 2.24) is 0 Å². The summed E-state index contributed by atoms with van der Waals surface area (Å²) in [7, 11) is 0. The van der Waals surface area contributed by atoms with Crippen molar-refractivity contribution in [1.29, 1.82) is 0 Å². The second-order valence-corrected chi connectivity index (χ2v) is 4.82. The minimum atomic E-state index is -0.249. The van der Waals surface area contributed by atoms with Crippen LogP contribution in [0.2, 0.25) is 5.02 Å². The molecule has 1 unspecified atom stereocenters. The number of carbonyl (C=O) groups excluding carboxylic acids is 1. The van der Waals surface area contributed by atoms with Crippen LogP contribution in [-0.4, -0.2) is 5.78 Å². The number of rotatable bonds is 2. The lowest BCUT2D eigenvalue weighted by molar-refractivity contribution is -0.116. The average molecular weight is 326 g/mol. The predicted octanol–water partition coefficient (Wildman–Crippen LogP) is 4.13. The zero-order valence-corrected chi connectivity index (χ0v) is 10.8. The van der Waals surface area contributed by atoms with Crippen molar-refractivity contribution in [2.45, 2.75) is 11.8 Å². The molecule has 0 spiro atoms. The Hall–Kier alpha value is 0.140. The van der Waals surface area contributed by atoms with Gasteiger partial charge in [-0.1, -0.05) is 33.6 Å². The molecule has 0 aromatic heterocycles. The number of halogens is 3. The number of Topliss-reactive ketones (excluding diaryl/α,β-unsaturated/α-hetero) is 1. The molecule has 13 heavy (non-hydrogen) atoms. The average Bonchev–Trinajstić information content (AvgIpc) is 2.08. The lowest BCUT2D eigenvalue weighted by Gasteiger charge is -2.06. The maximum atomic E-state index is 11.0. The van der Waals surface area contributed by atoms with Crippen LogP contribution in [0.1, 0.15) is 17.3 Å². The van der Waals surface area contributed by atoms with Crippen LogP contribution in [0.5, 0.6) is 0 Å². The molecule has 0 aliphatic carbocycles. The van der Waals surface area contributed by atoms with E-state index in [0.29, 0.717) is 5.02 Å². The van der Waals surface area contributed by atoms with E-state index in [9.17, 15) is 4.79 Å². The van der Waals surface area contributed by atoms with Crippen LogP contribution >= 0.6 is 43.5 Å². The number of hydrogen-bond donors (Lipinski definition) is 0. The zero-order chi connectivity index (χ0) is 10.0. The van der Waals surface area contributed by atoms with Crippen molar-refractivity contribution in [3.63, 3.8) is 0 Å². The van der Waals surface area contributed by atoms with E-state index >= 15 is 0 Å². The van der Waals surface area contributed by atoms with Gasteiger partial charge < -0.3 is 0 Å². The van der Waals surface area contributed by atoms with Crippen molar-refractivity contribution in [3.8, 4) is 0 Å². The molecule has 0 amide bonds. The van der Waals surface area contributed by atoms with Gasteiger partial charge in [-0.2, -0.15) is 0 Å². The van der Waals surface area contributed by atoms with Gasteiger partial charge in [-0.3, -0.25) is 4.79 Å². The second-order valence-electron chi connectivity index (χ2n) is 2.65. The van der Waals surface area contributed by atoms with Crippen LogP contribution in [0.25, 0.3) is 0 Å². The molecule has 70 valence electrons. The Kier molecular flexibility index (Phi) is 3.95. The van der Waals surface area contributed by atoms with Crippen molar-refractivity contribution < 1.29 is 4.79 Å². The lowest BCUT2D eigenvalue weighted by Crippen LogP contribution is -2.00. The highest BCUT2D eigenvalue weighted by Gasteiger charge is 2.13. The van der Waals surface area contributed by atoms with Crippen molar-refractivity contribution in [2.75, 3.05) is 0 Å². The molecule has 0 saturated heterocycles. The van der Waals surface area contributed by atoms with E-state index in [4.69, 9.17) is 11.6 Å². The summed E-state index contributed by atoms with van der Waals surface area (Å²) in [5.74, 6) is 0.0780. The second kappa shape index (κ2) is 4.58. The highest BCUT2D eigenvalue weighted by atomic mass is 79.9. The van der Waals surface area contributed by atoms with Gasteiger partial charge >= 0.3 is 0 Å². The van der Waals surface area contributed by atoms with Gasteiger partial charge in [-0.05, 0) is 40.5 Å². The van der Waals surface area contributed by atoms with E-state index in [1.54, 1.807) is 13.0 Å². The Morgan fingerprint density at radius 2 is 2.15 bits per heavy atom. The van der Waals surface area contributed by atoms with Gasteiger partial charge in [-0.15, -0.1) is 0 Å². The van der Waals surface area contributed by atoms with Gasteiger partial charge in [0.1, 0.15) is 5.78 Å². The molecule has 1 aromatic rings. The van der Waals surface area contributed by atoms with Gasteiger partial charge in [0.2, 0.25) is 0 Å². The highest BCUT2D eigenvalue weighted by Crippen LogP contribution is 2.30. The number of ketones is 1. The molecule has 4 heteroatoms. The Bertz CT molecular complexity index is 338. The largest absolute Gasteiger partial charge is 0.298 e. The summed E-state index contributed by atoms with van der Waals surface area (Å²) in [6.07, 6.45) is 0. The van der Waals surface area contributed by atoms with Gasteiger partial charge in [-0.25, -0.2) is 0 Å². The molecule has 0 heterocycles. The molecule has 0 bridgehead atoms. The molecular weight excluding hydrogens is 319 g/mol. The fraction of sp³-hybridized carbons (Fsp3) is 0.222. The quantitative estimate of drug-likeness (QED) is 0.747. The van der Waals surface area contributed by atoms with Crippen LogP contribution in [0, 0.1) is 0 Å². The smallest absolute Gasteiger partial charge is 0.147 e. The Morgan fingerprint density at radius 3 is 2.62 bits per heavy atom. The standard InChI is InChI=1S/C9H7Br2ClO/c1-5(13)9(11)6-2-3-8(12)7(10)4-6/h2-4,9H,1H3. The fourth-order valence-corrected chi connectivity index (χ4v) is 1.70. The van der Waals surface area contributed by atoms with E-state index in [0.717, 1.165) is 10.0 Å². The third-order valence-corrected chi connectivity index (χ3v) is 3.98. The number of alkyl halides is 1. The fourth-order valence-electron chi connectivity index (χ4n) is 0.905. The molecule has 1 aromatic carbocycles. The third-order valence-electron chi connectivity index (χ3n) is 1.59. The predicted molar refractivity (Wildman–Crippen MR) is 61.5 cm³/mol. The third kappa shape index (κ3) is 2.79. The normalized spacial score (nSPS) is 12.6. The van der Waals surface area contributed by atoms with E-state index in [-0.39, 0.29) is 10.6 Å². The van der Waals surface area contributed by atoms with Crippen LogP contribution in [0.4, 0.5) is 0 Å². The summed E-state index contributed by atoms with van der Waals surface area (Å²) >= 11 is 12.4. The SMILES string of the molecule is CC(=O)C(Br)c1ccc(Cl)c(Br)c1. The molecule has 1 nitrogen and oxygen atoms in total. The first-order valence-electron chi connectivity index (χ1n) is 3.62. The molecule has 0 saturated carbocycles. The monoisotopic (exact) mass is 324 g/mol. The van der Waals surface area contributed by atoms with Crippen LogP contribution in [0.3, 0.4) is 0 Å². The van der Waals surface area contributed by atoms with E-state index in [1.165, 1.54) is 0 Å². The van der Waals surface area contributed by atoms with Gasteiger partial charge in [0.15, 0.2) is 0 Å². The summed E-state index contributed by atoms with van der Waals surface area (Å²) in [5, 5.41) is 0.645. The molecule has 0 aliphatic rings. The summed E-state index contributed by atoms with van der Waals surface area (Å²) in [5.41, 5.74) is 0.906. The Morgan fingerprint density at radius 1 is 1.54 bits per heavy atom. The summed E-state index contributed by atoms with van der Waals surface area (Å²) in [4.78, 5) is 10.8. The molecule has 0 N–H and O–H groups in total. The zero-order valence-electron chi connectivity index (χ0n) is 6.85. The van der Waals surface area contributed by atoms with E-state index in [2.05, 4.69) is 31.9 Å². The summed E-state index contributed by atoms with van der Waals surface area (Å²) < 4.78 is 0.803. The van der Waals surface area contributed by atoms with Crippen LogP contribution in [-0.2, 0) is 4.79 Å². The highest BCUT2D eigenvalue weighted by molar-refractivity contribution is 9.10. The molecule has 1 atom stereocenters. The van der Waals surface area contributed by atoms with Gasteiger partial charge in [0.25, 0.3) is 0 Å². The van der Waals surface area contributed by atoms with Crippen LogP contribution < -0.4 is 0 Å². The maximum Gasteiger partial charge on any atom is 0.147 e. The maximum absolute atomic E-state index is 11.0. The minimum absolute atomic E-state index is 0.0780. The van der Waals surface area contributed by atoms with Gasteiger partial charge in [0, 0.05) is 4.47 Å². The van der Waals surface area contributed by atoms with E-state index < -0.39 is 0 Å². The van der Waals surface area contributed by atoms with Crippen molar-refractivity contribution in [2.24, 2.45) is 0 Å². The first-order valence-corrected chi connectivity index (χ1v) is 5.70. The molecule has 1 rings (SSSR count). The summed E-state index contributed by atoms with van der Waals surface area (Å²) in [6, 6.07) is 5.43. The van der Waals surface area contributed by atoms with E-state index in [1.807, 2.05) is 12.1 Å². The number of benzene rings is 1. The lowest BCUT2D eigenvalue weighted by atomic mass is 10.1. The first-order chi connectivity index (χ1) is 6.02. The topological polar surface area (TPSA) is 17.1 Å². The Labute approximate surface area is 98.7 Å². The minimum Gasteiger partial charge on any atom is -0.298 e. The molecular formula is C9H7Br2ClO. The molecule has 0 radical (unpaired) electrons.